The molecule has 3 heteroatoms. The van der Waals surface area contributed by atoms with Crippen molar-refractivity contribution in [1.29, 1.82) is 0 Å². The van der Waals surface area contributed by atoms with Crippen molar-refractivity contribution < 1.29 is 4.39 Å². The van der Waals surface area contributed by atoms with Gasteiger partial charge in [-0.1, -0.05) is 51.8 Å². The summed E-state index contributed by atoms with van der Waals surface area (Å²) in [6.45, 7) is 0. The zero-order valence-corrected chi connectivity index (χ0v) is 14.0. The molecule has 2 atom stereocenters. The summed E-state index contributed by atoms with van der Waals surface area (Å²) in [7, 11) is 0. The predicted octanol–water partition coefficient (Wildman–Crippen LogP) is 6.11. The van der Waals surface area contributed by atoms with Gasteiger partial charge in [-0.05, 0) is 66.5 Å². The second-order valence-corrected chi connectivity index (χ2v) is 7.09. The number of fused-ring (bicyclic) bond motifs is 1. The summed E-state index contributed by atoms with van der Waals surface area (Å²) in [6.07, 6.45) is 4.21. The number of aryl methyl sites for hydroxylation is 1. The average molecular weight is 368 g/mol. The van der Waals surface area contributed by atoms with Gasteiger partial charge in [-0.3, -0.25) is 0 Å². The smallest absolute Gasteiger partial charge is 0.123 e. The Morgan fingerprint density at radius 1 is 1.19 bits per heavy atom. The number of hydrogen-bond donors (Lipinski definition) is 0. The lowest BCUT2D eigenvalue weighted by Crippen LogP contribution is -2.10. The summed E-state index contributed by atoms with van der Waals surface area (Å²) >= 11 is 10.1. The van der Waals surface area contributed by atoms with E-state index in [0.717, 1.165) is 31.2 Å². The molecule has 2 unspecified atom stereocenters. The Kier molecular flexibility index (Phi) is 4.66. The highest BCUT2D eigenvalue weighted by Gasteiger charge is 2.26. The highest BCUT2D eigenvalue weighted by Crippen LogP contribution is 2.41. The van der Waals surface area contributed by atoms with Gasteiger partial charge in [0.25, 0.3) is 0 Å². The Bertz CT molecular complexity index is 641. The van der Waals surface area contributed by atoms with E-state index in [1.54, 1.807) is 12.1 Å². The van der Waals surface area contributed by atoms with Crippen LogP contribution in [-0.2, 0) is 12.8 Å². The maximum absolute atomic E-state index is 13.4. The monoisotopic (exact) mass is 366 g/mol. The normalized spacial score (nSPS) is 21.7. The zero-order valence-electron chi connectivity index (χ0n) is 11.7. The molecule has 1 aliphatic rings. The molecule has 0 aliphatic heterocycles. The Balaban J connectivity index is 1.87. The van der Waals surface area contributed by atoms with Crippen LogP contribution in [-0.4, -0.2) is 0 Å². The molecule has 1 aliphatic carbocycles. The van der Waals surface area contributed by atoms with Crippen LogP contribution >= 0.6 is 27.5 Å². The molecule has 0 amide bonds. The minimum atomic E-state index is -0.213. The highest BCUT2D eigenvalue weighted by atomic mass is 79.9. The van der Waals surface area contributed by atoms with Crippen LogP contribution in [0.15, 0.2) is 42.5 Å². The molecule has 0 N–H and O–H groups in total. The SMILES string of the molecule is Fc1ccc(Cl)c(CC2CCCc3ccccc3C2Br)c1. The maximum atomic E-state index is 13.4. The largest absolute Gasteiger partial charge is 0.207 e. The van der Waals surface area contributed by atoms with E-state index in [1.165, 1.54) is 17.2 Å². The third kappa shape index (κ3) is 3.32. The van der Waals surface area contributed by atoms with Crippen LogP contribution in [0, 0.1) is 11.7 Å². The molecule has 0 heterocycles. The summed E-state index contributed by atoms with van der Waals surface area (Å²) in [6, 6.07) is 13.2. The second kappa shape index (κ2) is 6.50. The van der Waals surface area contributed by atoms with Gasteiger partial charge >= 0.3 is 0 Å². The van der Waals surface area contributed by atoms with Gasteiger partial charge in [-0.15, -0.1) is 0 Å². The first-order valence-electron chi connectivity index (χ1n) is 7.31. The Morgan fingerprint density at radius 2 is 2.00 bits per heavy atom. The van der Waals surface area contributed by atoms with Crippen LogP contribution in [0.4, 0.5) is 4.39 Å². The zero-order chi connectivity index (χ0) is 14.8. The van der Waals surface area contributed by atoms with Gasteiger partial charge in [0.15, 0.2) is 0 Å². The van der Waals surface area contributed by atoms with Gasteiger partial charge in [-0.25, -0.2) is 4.39 Å². The Labute approximate surface area is 138 Å². The molecule has 0 nitrogen and oxygen atoms in total. The van der Waals surface area contributed by atoms with E-state index in [4.69, 9.17) is 11.6 Å². The summed E-state index contributed by atoms with van der Waals surface area (Å²) in [5.41, 5.74) is 3.70. The fourth-order valence-corrected chi connectivity index (χ4v) is 4.27. The van der Waals surface area contributed by atoms with Gasteiger partial charge in [0, 0.05) is 9.85 Å². The van der Waals surface area contributed by atoms with E-state index < -0.39 is 0 Å². The van der Waals surface area contributed by atoms with Crippen molar-refractivity contribution in [3.05, 3.63) is 70.0 Å². The van der Waals surface area contributed by atoms with E-state index in [9.17, 15) is 4.39 Å². The molecular weight excluding hydrogens is 351 g/mol. The molecule has 2 aromatic rings. The van der Waals surface area contributed by atoms with Crippen LogP contribution in [0.25, 0.3) is 0 Å². The summed E-state index contributed by atoms with van der Waals surface area (Å²) in [5.74, 6) is 0.225. The minimum absolute atomic E-state index is 0.213. The lowest BCUT2D eigenvalue weighted by molar-refractivity contribution is 0.473. The first-order valence-corrected chi connectivity index (χ1v) is 8.60. The molecule has 0 aromatic heterocycles. The lowest BCUT2D eigenvalue weighted by atomic mass is 9.90. The van der Waals surface area contributed by atoms with Crippen LogP contribution in [0.5, 0.6) is 0 Å². The molecular formula is C18H17BrClF. The van der Waals surface area contributed by atoms with Crippen molar-refractivity contribution >= 4 is 27.5 Å². The van der Waals surface area contributed by atoms with Gasteiger partial charge in [0.1, 0.15) is 5.82 Å². The number of benzene rings is 2. The standard InChI is InChI=1S/C18H17BrClF/c19-18-13(10-14-11-15(21)8-9-17(14)20)6-3-5-12-4-1-2-7-16(12)18/h1-2,4,7-9,11,13,18H,3,5-6,10H2. The van der Waals surface area contributed by atoms with E-state index in [2.05, 4.69) is 40.2 Å². The highest BCUT2D eigenvalue weighted by molar-refractivity contribution is 9.09. The molecule has 0 spiro atoms. The fourth-order valence-electron chi connectivity index (χ4n) is 3.17. The van der Waals surface area contributed by atoms with Gasteiger partial charge < -0.3 is 0 Å². The van der Waals surface area contributed by atoms with Crippen molar-refractivity contribution in [2.45, 2.75) is 30.5 Å². The number of alkyl halides is 1. The third-order valence-corrected chi connectivity index (χ3v) is 5.89. The van der Waals surface area contributed by atoms with E-state index >= 15 is 0 Å². The van der Waals surface area contributed by atoms with Crippen molar-refractivity contribution in [2.75, 3.05) is 0 Å². The van der Waals surface area contributed by atoms with Gasteiger partial charge in [0.2, 0.25) is 0 Å². The quantitative estimate of drug-likeness (QED) is 0.444. The maximum Gasteiger partial charge on any atom is 0.123 e. The van der Waals surface area contributed by atoms with Crippen LogP contribution in [0.1, 0.15) is 34.4 Å². The lowest BCUT2D eigenvalue weighted by Gasteiger charge is -2.22. The molecule has 0 saturated carbocycles. The molecule has 110 valence electrons. The first-order chi connectivity index (χ1) is 10.1. The minimum Gasteiger partial charge on any atom is -0.207 e. The molecule has 0 bridgehead atoms. The Hall–Kier alpha value is -0.860. The number of halogens is 3. The molecule has 21 heavy (non-hydrogen) atoms. The topological polar surface area (TPSA) is 0 Å². The molecule has 0 saturated heterocycles. The van der Waals surface area contributed by atoms with Crippen LogP contribution < -0.4 is 0 Å². The number of hydrogen-bond acceptors (Lipinski definition) is 0. The van der Waals surface area contributed by atoms with E-state index in [-0.39, 0.29) is 5.82 Å². The van der Waals surface area contributed by atoms with Gasteiger partial charge in [-0.2, -0.15) is 0 Å². The van der Waals surface area contributed by atoms with Crippen molar-refractivity contribution in [3.8, 4) is 0 Å². The number of rotatable bonds is 2. The summed E-state index contributed by atoms with van der Waals surface area (Å²) in [4.78, 5) is 0.301. The summed E-state index contributed by atoms with van der Waals surface area (Å²) < 4.78 is 13.4. The Morgan fingerprint density at radius 3 is 2.86 bits per heavy atom. The van der Waals surface area contributed by atoms with Gasteiger partial charge in [0.05, 0.1) is 0 Å². The third-order valence-electron chi connectivity index (χ3n) is 4.28. The molecule has 3 rings (SSSR count). The van der Waals surface area contributed by atoms with Crippen LogP contribution in [0.2, 0.25) is 5.02 Å². The fraction of sp³-hybridized carbons (Fsp3) is 0.333. The molecule has 0 radical (unpaired) electrons. The van der Waals surface area contributed by atoms with Crippen LogP contribution in [0.3, 0.4) is 0 Å². The molecule has 0 fully saturated rings. The van der Waals surface area contributed by atoms with E-state index in [1.807, 2.05) is 0 Å². The van der Waals surface area contributed by atoms with Crippen molar-refractivity contribution in [3.63, 3.8) is 0 Å². The average Bonchev–Trinajstić information content (AvgIpc) is 2.64. The second-order valence-electron chi connectivity index (χ2n) is 5.69. The molecule has 2 aromatic carbocycles. The summed E-state index contributed by atoms with van der Waals surface area (Å²) in [5, 5.41) is 0.661. The van der Waals surface area contributed by atoms with E-state index in [0.29, 0.717) is 15.8 Å². The first kappa shape index (κ1) is 15.1. The predicted molar refractivity (Wildman–Crippen MR) is 89.7 cm³/mol. The van der Waals surface area contributed by atoms with Crippen molar-refractivity contribution in [2.24, 2.45) is 5.92 Å². The van der Waals surface area contributed by atoms with Crippen molar-refractivity contribution in [1.82, 2.24) is 0 Å².